The van der Waals surface area contributed by atoms with E-state index in [1.165, 1.54) is 0 Å². The van der Waals surface area contributed by atoms with E-state index in [1.807, 2.05) is 19.2 Å². The highest BCUT2D eigenvalue weighted by atomic mass is 79.9. The molecule has 0 bridgehead atoms. The second kappa shape index (κ2) is 4.44. The number of ether oxygens (including phenoxy) is 1. The van der Waals surface area contributed by atoms with Crippen LogP contribution in [0, 0.1) is 0 Å². The van der Waals surface area contributed by atoms with E-state index in [0.29, 0.717) is 11.6 Å². The topological polar surface area (TPSA) is 39.9 Å². The molecule has 0 radical (unpaired) electrons. The highest BCUT2D eigenvalue weighted by Crippen LogP contribution is 2.23. The second-order valence-corrected chi connectivity index (χ2v) is 3.61. The molecule has 2 heterocycles. The van der Waals surface area contributed by atoms with Crippen molar-refractivity contribution in [2.24, 2.45) is 7.05 Å². The summed E-state index contributed by atoms with van der Waals surface area (Å²) in [6.45, 7) is 0. The van der Waals surface area contributed by atoms with Crippen LogP contribution in [0.25, 0.3) is 0 Å². The third-order valence-corrected chi connectivity index (χ3v) is 2.49. The molecule has 2 rings (SSSR count). The van der Waals surface area contributed by atoms with Gasteiger partial charge < -0.3 is 4.74 Å². The monoisotopic (exact) mass is 267 g/mol. The molecule has 0 unspecified atom stereocenters. The number of aromatic nitrogens is 3. The SMILES string of the molecule is Cn1cc(Oc2ncccc2CBr)cn1. The van der Waals surface area contributed by atoms with Crippen molar-refractivity contribution in [3.63, 3.8) is 0 Å². The van der Waals surface area contributed by atoms with Gasteiger partial charge in [0.1, 0.15) is 0 Å². The van der Waals surface area contributed by atoms with Crippen LogP contribution in [0.1, 0.15) is 5.56 Å². The molecule has 0 aliphatic heterocycles. The van der Waals surface area contributed by atoms with Gasteiger partial charge in [-0.25, -0.2) is 4.98 Å². The van der Waals surface area contributed by atoms with Gasteiger partial charge in [-0.1, -0.05) is 22.0 Å². The molecule has 0 amide bonds. The van der Waals surface area contributed by atoms with E-state index in [1.54, 1.807) is 23.3 Å². The van der Waals surface area contributed by atoms with Gasteiger partial charge in [0, 0.05) is 24.1 Å². The first-order chi connectivity index (χ1) is 7.29. The molecule has 2 aromatic rings. The van der Waals surface area contributed by atoms with E-state index >= 15 is 0 Å². The van der Waals surface area contributed by atoms with Crippen LogP contribution in [0.5, 0.6) is 11.6 Å². The van der Waals surface area contributed by atoms with Crippen molar-refractivity contribution >= 4 is 15.9 Å². The number of pyridine rings is 1. The lowest BCUT2D eigenvalue weighted by Crippen LogP contribution is -1.91. The predicted octanol–water partition coefficient (Wildman–Crippen LogP) is 2.50. The Morgan fingerprint density at radius 1 is 1.53 bits per heavy atom. The van der Waals surface area contributed by atoms with Gasteiger partial charge in [-0.15, -0.1) is 0 Å². The first kappa shape index (κ1) is 10.2. The van der Waals surface area contributed by atoms with Gasteiger partial charge in [0.25, 0.3) is 0 Å². The summed E-state index contributed by atoms with van der Waals surface area (Å²) in [5, 5.41) is 4.74. The Bertz CT molecular complexity index is 455. The van der Waals surface area contributed by atoms with Crippen LogP contribution in [0.2, 0.25) is 0 Å². The molecule has 78 valence electrons. The third-order valence-electron chi connectivity index (χ3n) is 1.89. The van der Waals surface area contributed by atoms with Gasteiger partial charge in [0.05, 0.1) is 12.4 Å². The lowest BCUT2D eigenvalue weighted by molar-refractivity contribution is 0.458. The molecular formula is C10H10BrN3O. The van der Waals surface area contributed by atoms with Crippen molar-refractivity contribution in [1.82, 2.24) is 14.8 Å². The van der Waals surface area contributed by atoms with Crippen LogP contribution in [-0.2, 0) is 12.4 Å². The van der Waals surface area contributed by atoms with Crippen molar-refractivity contribution < 1.29 is 4.74 Å². The number of halogens is 1. The molecule has 0 aromatic carbocycles. The Balaban J connectivity index is 2.23. The quantitative estimate of drug-likeness (QED) is 0.803. The van der Waals surface area contributed by atoms with Crippen LogP contribution in [0.3, 0.4) is 0 Å². The van der Waals surface area contributed by atoms with Crippen LogP contribution in [0.4, 0.5) is 0 Å². The molecule has 0 fully saturated rings. The minimum atomic E-state index is 0.613. The summed E-state index contributed by atoms with van der Waals surface area (Å²) < 4.78 is 7.28. The van der Waals surface area contributed by atoms with E-state index in [2.05, 4.69) is 26.0 Å². The fourth-order valence-corrected chi connectivity index (χ4v) is 1.61. The minimum Gasteiger partial charge on any atom is -0.435 e. The van der Waals surface area contributed by atoms with E-state index < -0.39 is 0 Å². The van der Waals surface area contributed by atoms with Crippen molar-refractivity contribution in [3.05, 3.63) is 36.3 Å². The average Bonchev–Trinajstić information content (AvgIpc) is 2.65. The molecule has 0 spiro atoms. The van der Waals surface area contributed by atoms with Crippen molar-refractivity contribution in [2.45, 2.75) is 5.33 Å². The highest BCUT2D eigenvalue weighted by molar-refractivity contribution is 9.08. The fraction of sp³-hybridized carbons (Fsp3) is 0.200. The zero-order chi connectivity index (χ0) is 10.7. The summed E-state index contributed by atoms with van der Waals surface area (Å²) in [5.41, 5.74) is 1.02. The first-order valence-corrected chi connectivity index (χ1v) is 5.58. The molecule has 5 heteroatoms. The van der Waals surface area contributed by atoms with Crippen LogP contribution >= 0.6 is 15.9 Å². The second-order valence-electron chi connectivity index (χ2n) is 3.05. The maximum absolute atomic E-state index is 5.60. The minimum absolute atomic E-state index is 0.613. The van der Waals surface area contributed by atoms with Crippen molar-refractivity contribution in [1.29, 1.82) is 0 Å². The zero-order valence-corrected chi connectivity index (χ0v) is 9.81. The summed E-state index contributed by atoms with van der Waals surface area (Å²) >= 11 is 3.39. The van der Waals surface area contributed by atoms with Crippen molar-refractivity contribution in [3.8, 4) is 11.6 Å². The third kappa shape index (κ3) is 2.36. The fourth-order valence-electron chi connectivity index (χ4n) is 1.18. The summed E-state index contributed by atoms with van der Waals surface area (Å²) in [6.07, 6.45) is 5.16. The molecule has 0 N–H and O–H groups in total. The number of hydrogen-bond donors (Lipinski definition) is 0. The van der Waals surface area contributed by atoms with Gasteiger partial charge in [0.15, 0.2) is 5.75 Å². The molecule has 0 atom stereocenters. The predicted molar refractivity (Wildman–Crippen MR) is 60.2 cm³/mol. The maximum Gasteiger partial charge on any atom is 0.223 e. The summed E-state index contributed by atoms with van der Waals surface area (Å²) in [6, 6.07) is 3.85. The molecule has 0 saturated carbocycles. The standard InChI is InChI=1S/C10H10BrN3O/c1-14-7-9(6-13-14)15-10-8(5-11)3-2-4-12-10/h2-4,6-7H,5H2,1H3. The average molecular weight is 268 g/mol. The first-order valence-electron chi connectivity index (χ1n) is 4.46. The number of aryl methyl sites for hydroxylation is 1. The van der Waals surface area contributed by atoms with Gasteiger partial charge in [-0.05, 0) is 6.07 Å². The summed E-state index contributed by atoms with van der Waals surface area (Å²) in [4.78, 5) is 4.16. The van der Waals surface area contributed by atoms with E-state index in [-0.39, 0.29) is 0 Å². The van der Waals surface area contributed by atoms with Gasteiger partial charge in [-0.2, -0.15) is 5.10 Å². The Hall–Kier alpha value is -1.36. The summed E-state index contributed by atoms with van der Waals surface area (Å²) in [7, 11) is 1.84. The van der Waals surface area contributed by atoms with Gasteiger partial charge in [-0.3, -0.25) is 4.68 Å². The number of rotatable bonds is 3. The molecular weight excluding hydrogens is 258 g/mol. The smallest absolute Gasteiger partial charge is 0.223 e. The van der Waals surface area contributed by atoms with Gasteiger partial charge in [0.2, 0.25) is 5.88 Å². The van der Waals surface area contributed by atoms with Crippen molar-refractivity contribution in [2.75, 3.05) is 0 Å². The Kier molecular flexibility index (Phi) is 3.01. The Labute approximate surface area is 96.0 Å². The maximum atomic E-state index is 5.60. The number of nitrogens with zero attached hydrogens (tertiary/aromatic N) is 3. The lowest BCUT2D eigenvalue weighted by Gasteiger charge is -2.04. The lowest BCUT2D eigenvalue weighted by atomic mass is 10.3. The molecule has 0 aliphatic rings. The largest absolute Gasteiger partial charge is 0.435 e. The normalized spacial score (nSPS) is 10.3. The van der Waals surface area contributed by atoms with Gasteiger partial charge >= 0.3 is 0 Å². The number of alkyl halides is 1. The van der Waals surface area contributed by atoms with E-state index in [4.69, 9.17) is 4.74 Å². The summed E-state index contributed by atoms with van der Waals surface area (Å²) in [5.74, 6) is 1.31. The Morgan fingerprint density at radius 2 is 2.40 bits per heavy atom. The molecule has 2 aromatic heterocycles. The van der Waals surface area contributed by atoms with E-state index in [9.17, 15) is 0 Å². The zero-order valence-electron chi connectivity index (χ0n) is 8.22. The molecule has 4 nitrogen and oxygen atoms in total. The molecule has 0 saturated heterocycles. The van der Waals surface area contributed by atoms with Crippen LogP contribution in [0.15, 0.2) is 30.7 Å². The van der Waals surface area contributed by atoms with Crippen LogP contribution in [-0.4, -0.2) is 14.8 Å². The number of hydrogen-bond acceptors (Lipinski definition) is 3. The van der Waals surface area contributed by atoms with E-state index in [0.717, 1.165) is 10.9 Å². The van der Waals surface area contributed by atoms with Crippen LogP contribution < -0.4 is 4.74 Å². The Morgan fingerprint density at radius 3 is 3.07 bits per heavy atom. The molecule has 15 heavy (non-hydrogen) atoms. The highest BCUT2D eigenvalue weighted by Gasteiger charge is 2.05. The molecule has 0 aliphatic carbocycles.